The Morgan fingerprint density at radius 3 is 2.67 bits per heavy atom. The molecule has 0 saturated heterocycles. The topological polar surface area (TPSA) is 45.7 Å². The Bertz CT molecular complexity index is 616. The van der Waals surface area contributed by atoms with Crippen molar-refractivity contribution in [2.24, 2.45) is 4.99 Å². The molecule has 0 saturated carbocycles. The molecule has 0 bridgehead atoms. The van der Waals surface area contributed by atoms with E-state index in [1.54, 1.807) is 25.5 Å². The molecule has 2 rings (SSSR count). The number of thiophene rings is 1. The van der Waals surface area contributed by atoms with Gasteiger partial charge in [0.05, 0.1) is 7.11 Å². The van der Waals surface area contributed by atoms with E-state index < -0.39 is 0 Å². The molecule has 2 aromatic rings. The van der Waals surface area contributed by atoms with Crippen LogP contribution in [0, 0.1) is 0 Å². The minimum absolute atomic E-state index is 0. The normalized spacial score (nSPS) is 12.2. The number of halogens is 1. The summed E-state index contributed by atoms with van der Waals surface area (Å²) in [5.74, 6) is 2.10. The van der Waals surface area contributed by atoms with Gasteiger partial charge in [-0.1, -0.05) is 31.2 Å². The second-order valence-corrected chi connectivity index (χ2v) is 6.38. The lowest BCUT2D eigenvalue weighted by Gasteiger charge is -2.18. The number of nitrogens with one attached hydrogen (secondary N) is 2. The van der Waals surface area contributed by atoms with Crippen molar-refractivity contribution in [1.29, 1.82) is 0 Å². The predicted molar refractivity (Wildman–Crippen MR) is 114 cm³/mol. The molecule has 0 aliphatic carbocycles. The van der Waals surface area contributed by atoms with Gasteiger partial charge in [0.25, 0.3) is 0 Å². The van der Waals surface area contributed by atoms with Crippen LogP contribution in [0.5, 0.6) is 5.75 Å². The second-order valence-electron chi connectivity index (χ2n) is 5.35. The number of nitrogens with zero attached hydrogens (tertiary/aromatic N) is 1. The van der Waals surface area contributed by atoms with Gasteiger partial charge in [-0.3, -0.25) is 4.99 Å². The summed E-state index contributed by atoms with van der Waals surface area (Å²) >= 11 is 1.79. The van der Waals surface area contributed by atoms with Crippen molar-refractivity contribution < 1.29 is 4.74 Å². The summed E-state index contributed by atoms with van der Waals surface area (Å²) in [5, 5.41) is 8.85. The lowest BCUT2D eigenvalue weighted by atomic mass is 10.0. The third-order valence-electron chi connectivity index (χ3n) is 3.71. The van der Waals surface area contributed by atoms with Gasteiger partial charge in [-0.05, 0) is 29.5 Å². The molecule has 1 aromatic carbocycles. The van der Waals surface area contributed by atoms with Crippen molar-refractivity contribution in [3.8, 4) is 5.75 Å². The van der Waals surface area contributed by atoms with Crippen LogP contribution in [0.4, 0.5) is 0 Å². The van der Waals surface area contributed by atoms with Gasteiger partial charge in [0.2, 0.25) is 0 Å². The molecule has 6 heteroatoms. The Morgan fingerprint density at radius 2 is 2.00 bits per heavy atom. The zero-order valence-corrected chi connectivity index (χ0v) is 17.6. The van der Waals surface area contributed by atoms with Crippen LogP contribution < -0.4 is 15.4 Å². The van der Waals surface area contributed by atoms with Crippen molar-refractivity contribution in [3.63, 3.8) is 0 Å². The Hall–Kier alpha value is -1.28. The highest BCUT2D eigenvalue weighted by atomic mass is 127. The van der Waals surface area contributed by atoms with Crippen molar-refractivity contribution in [2.45, 2.75) is 19.3 Å². The molecule has 1 aromatic heterocycles. The highest BCUT2D eigenvalue weighted by Crippen LogP contribution is 2.25. The molecule has 0 aliphatic rings. The summed E-state index contributed by atoms with van der Waals surface area (Å²) in [6.45, 7) is 3.87. The number of guanidine groups is 1. The number of benzene rings is 1. The van der Waals surface area contributed by atoms with Crippen molar-refractivity contribution in [3.05, 3.63) is 52.2 Å². The SMILES string of the molecule is CN=C(NCCc1cccs1)NCC(C)c1ccccc1OC.I. The predicted octanol–water partition coefficient (Wildman–Crippen LogP) is 3.89. The van der Waals surface area contributed by atoms with E-state index >= 15 is 0 Å². The molecule has 132 valence electrons. The molecule has 0 radical (unpaired) electrons. The molecule has 4 nitrogen and oxygen atoms in total. The fourth-order valence-electron chi connectivity index (χ4n) is 2.41. The van der Waals surface area contributed by atoms with Gasteiger partial charge >= 0.3 is 0 Å². The molecule has 24 heavy (non-hydrogen) atoms. The van der Waals surface area contributed by atoms with E-state index in [2.05, 4.69) is 46.1 Å². The Morgan fingerprint density at radius 1 is 1.21 bits per heavy atom. The van der Waals surface area contributed by atoms with Crippen LogP contribution in [0.25, 0.3) is 0 Å². The van der Waals surface area contributed by atoms with Crippen LogP contribution in [-0.4, -0.2) is 33.2 Å². The van der Waals surface area contributed by atoms with Crippen molar-refractivity contribution >= 4 is 41.3 Å². The van der Waals surface area contributed by atoms with E-state index in [1.807, 2.05) is 18.2 Å². The van der Waals surface area contributed by atoms with Gasteiger partial charge < -0.3 is 15.4 Å². The van der Waals surface area contributed by atoms with Crippen LogP contribution in [0.3, 0.4) is 0 Å². The first kappa shape index (κ1) is 20.8. The standard InChI is InChI=1S/C18H25N3OS.HI/c1-14(16-8-4-5-9-17(16)22-3)13-21-18(19-2)20-11-10-15-7-6-12-23-15;/h4-9,12,14H,10-11,13H2,1-3H3,(H2,19,20,21);1H. The average molecular weight is 459 g/mol. The minimum Gasteiger partial charge on any atom is -0.496 e. The van der Waals surface area contributed by atoms with Gasteiger partial charge in [0, 0.05) is 30.9 Å². The van der Waals surface area contributed by atoms with E-state index in [0.717, 1.165) is 31.2 Å². The first-order valence-corrected chi connectivity index (χ1v) is 8.72. The first-order valence-electron chi connectivity index (χ1n) is 7.84. The molecule has 2 N–H and O–H groups in total. The smallest absolute Gasteiger partial charge is 0.191 e. The molecular weight excluding hydrogens is 433 g/mol. The van der Waals surface area contributed by atoms with Crippen LogP contribution in [0.15, 0.2) is 46.8 Å². The zero-order chi connectivity index (χ0) is 16.5. The molecule has 0 amide bonds. The number of rotatable bonds is 7. The maximum Gasteiger partial charge on any atom is 0.191 e. The highest BCUT2D eigenvalue weighted by molar-refractivity contribution is 14.0. The Labute approximate surface area is 165 Å². The van der Waals surface area contributed by atoms with Gasteiger partial charge in [-0.15, -0.1) is 35.3 Å². The lowest BCUT2D eigenvalue weighted by molar-refractivity contribution is 0.406. The van der Waals surface area contributed by atoms with E-state index in [-0.39, 0.29) is 24.0 Å². The Kier molecular flexibility index (Phi) is 9.78. The molecule has 0 fully saturated rings. The summed E-state index contributed by atoms with van der Waals surface area (Å²) in [5.41, 5.74) is 1.21. The Balaban J connectivity index is 0.00000288. The largest absolute Gasteiger partial charge is 0.496 e. The third kappa shape index (κ3) is 6.32. The van der Waals surface area contributed by atoms with Crippen LogP contribution in [0.2, 0.25) is 0 Å². The lowest BCUT2D eigenvalue weighted by Crippen LogP contribution is -2.39. The zero-order valence-electron chi connectivity index (χ0n) is 14.4. The van der Waals surface area contributed by atoms with Gasteiger partial charge in [0.15, 0.2) is 5.96 Å². The number of hydrogen-bond donors (Lipinski definition) is 2. The molecule has 1 heterocycles. The van der Waals surface area contributed by atoms with E-state index in [9.17, 15) is 0 Å². The van der Waals surface area contributed by atoms with E-state index in [1.165, 1.54) is 10.4 Å². The monoisotopic (exact) mass is 459 g/mol. The number of aliphatic imine (C=N–C) groups is 1. The quantitative estimate of drug-likeness (QED) is 0.375. The number of ether oxygens (including phenoxy) is 1. The van der Waals surface area contributed by atoms with Crippen molar-refractivity contribution in [2.75, 3.05) is 27.2 Å². The fourth-order valence-corrected chi connectivity index (χ4v) is 3.12. The molecule has 1 atom stereocenters. The summed E-state index contributed by atoms with van der Waals surface area (Å²) in [6, 6.07) is 12.4. The molecule has 0 aliphatic heterocycles. The average Bonchev–Trinajstić information content (AvgIpc) is 3.11. The highest BCUT2D eigenvalue weighted by Gasteiger charge is 2.11. The number of methoxy groups -OCH3 is 1. The van der Waals surface area contributed by atoms with Gasteiger partial charge in [-0.25, -0.2) is 0 Å². The minimum atomic E-state index is 0. The summed E-state index contributed by atoms with van der Waals surface area (Å²) in [6.07, 6.45) is 1.01. The number of para-hydroxylation sites is 1. The van der Waals surface area contributed by atoms with E-state index in [4.69, 9.17) is 4.74 Å². The maximum absolute atomic E-state index is 5.43. The summed E-state index contributed by atoms with van der Waals surface area (Å²) in [7, 11) is 3.51. The van der Waals surface area contributed by atoms with Crippen LogP contribution in [0.1, 0.15) is 23.3 Å². The fraction of sp³-hybridized carbons (Fsp3) is 0.389. The van der Waals surface area contributed by atoms with Crippen LogP contribution in [-0.2, 0) is 6.42 Å². The second kappa shape index (κ2) is 11.3. The summed E-state index contributed by atoms with van der Waals surface area (Å²) in [4.78, 5) is 5.67. The van der Waals surface area contributed by atoms with E-state index in [0.29, 0.717) is 5.92 Å². The molecular formula is C18H26IN3OS. The third-order valence-corrected chi connectivity index (χ3v) is 4.65. The van der Waals surface area contributed by atoms with Gasteiger partial charge in [-0.2, -0.15) is 0 Å². The maximum atomic E-state index is 5.43. The number of hydrogen-bond acceptors (Lipinski definition) is 3. The first-order chi connectivity index (χ1) is 11.2. The molecule has 0 spiro atoms. The van der Waals surface area contributed by atoms with Crippen LogP contribution >= 0.6 is 35.3 Å². The van der Waals surface area contributed by atoms with Gasteiger partial charge in [0.1, 0.15) is 5.75 Å². The molecule has 1 unspecified atom stereocenters. The van der Waals surface area contributed by atoms with Crippen molar-refractivity contribution in [1.82, 2.24) is 10.6 Å². The summed E-state index contributed by atoms with van der Waals surface area (Å²) < 4.78 is 5.43.